The average molecular weight is 333 g/mol. The van der Waals surface area contributed by atoms with Gasteiger partial charge in [0.05, 0.1) is 24.3 Å². The molecule has 23 heavy (non-hydrogen) atoms. The standard InChI is InChI=1S/C14H15N5O3S/c1-9(13(20)16-8-10-4-2-6-21-10)23-14-18-17-12(19(14)15)11-5-3-7-22-11/h2-7,9H,8,15H2,1H3,(H,16,20)/t9-/m0/s1. The molecule has 0 radical (unpaired) electrons. The van der Waals surface area contributed by atoms with Crippen molar-refractivity contribution >= 4 is 17.7 Å². The van der Waals surface area contributed by atoms with E-state index < -0.39 is 0 Å². The molecule has 0 unspecified atom stereocenters. The van der Waals surface area contributed by atoms with Crippen molar-refractivity contribution in [2.24, 2.45) is 0 Å². The van der Waals surface area contributed by atoms with E-state index in [1.807, 2.05) is 0 Å². The van der Waals surface area contributed by atoms with Crippen LogP contribution in [-0.2, 0) is 11.3 Å². The molecule has 120 valence electrons. The first-order valence-electron chi connectivity index (χ1n) is 6.86. The van der Waals surface area contributed by atoms with Crippen molar-refractivity contribution in [3.8, 4) is 11.6 Å². The molecule has 0 aliphatic rings. The molecule has 0 bridgehead atoms. The van der Waals surface area contributed by atoms with E-state index in [9.17, 15) is 4.79 Å². The normalized spacial score (nSPS) is 12.2. The molecule has 0 fully saturated rings. The molecule has 3 heterocycles. The van der Waals surface area contributed by atoms with Crippen LogP contribution in [0.15, 0.2) is 50.8 Å². The summed E-state index contributed by atoms with van der Waals surface area (Å²) >= 11 is 1.21. The van der Waals surface area contributed by atoms with E-state index >= 15 is 0 Å². The minimum atomic E-state index is -0.388. The summed E-state index contributed by atoms with van der Waals surface area (Å²) in [4.78, 5) is 12.1. The van der Waals surface area contributed by atoms with Crippen molar-refractivity contribution in [1.82, 2.24) is 20.2 Å². The number of rotatable bonds is 6. The lowest BCUT2D eigenvalue weighted by Crippen LogP contribution is -2.30. The lowest BCUT2D eigenvalue weighted by atomic mass is 10.4. The highest BCUT2D eigenvalue weighted by molar-refractivity contribution is 8.00. The molecule has 3 N–H and O–H groups in total. The van der Waals surface area contributed by atoms with Gasteiger partial charge in [-0.3, -0.25) is 4.79 Å². The molecule has 9 heteroatoms. The van der Waals surface area contributed by atoms with Crippen LogP contribution in [0.5, 0.6) is 0 Å². The Morgan fingerprint density at radius 1 is 1.35 bits per heavy atom. The summed E-state index contributed by atoms with van der Waals surface area (Å²) in [6.45, 7) is 2.10. The van der Waals surface area contributed by atoms with Gasteiger partial charge >= 0.3 is 0 Å². The van der Waals surface area contributed by atoms with Crippen LogP contribution in [0, 0.1) is 0 Å². The number of aromatic nitrogens is 3. The topological polar surface area (TPSA) is 112 Å². The molecule has 0 aliphatic carbocycles. The quantitative estimate of drug-likeness (QED) is 0.521. The van der Waals surface area contributed by atoms with Crippen molar-refractivity contribution in [3.05, 3.63) is 42.6 Å². The van der Waals surface area contributed by atoms with Gasteiger partial charge in [0.25, 0.3) is 0 Å². The van der Waals surface area contributed by atoms with Crippen molar-refractivity contribution in [2.75, 3.05) is 5.84 Å². The fraction of sp³-hybridized carbons (Fsp3) is 0.214. The van der Waals surface area contributed by atoms with Gasteiger partial charge in [0, 0.05) is 0 Å². The average Bonchev–Trinajstić information content (AvgIpc) is 3.27. The lowest BCUT2D eigenvalue weighted by Gasteiger charge is -2.10. The van der Waals surface area contributed by atoms with Gasteiger partial charge in [-0.1, -0.05) is 11.8 Å². The minimum Gasteiger partial charge on any atom is -0.467 e. The highest BCUT2D eigenvalue weighted by atomic mass is 32.2. The highest BCUT2D eigenvalue weighted by Gasteiger charge is 2.20. The number of carbonyl (C=O) groups excluding carboxylic acids is 1. The van der Waals surface area contributed by atoms with E-state index in [1.54, 1.807) is 37.5 Å². The first kappa shape index (κ1) is 15.2. The van der Waals surface area contributed by atoms with E-state index in [4.69, 9.17) is 14.7 Å². The summed E-state index contributed by atoms with van der Waals surface area (Å²) in [6, 6.07) is 7.04. The van der Waals surface area contributed by atoms with Gasteiger partial charge in [-0.05, 0) is 31.2 Å². The Labute approximate surface area is 136 Å². The molecular weight excluding hydrogens is 318 g/mol. The molecular formula is C14H15N5O3S. The Kier molecular flexibility index (Phi) is 4.38. The summed E-state index contributed by atoms with van der Waals surface area (Å²) < 4.78 is 11.7. The molecule has 1 atom stereocenters. The van der Waals surface area contributed by atoms with Gasteiger partial charge in [-0.25, -0.2) is 4.68 Å². The minimum absolute atomic E-state index is 0.144. The Hall–Kier alpha value is -2.68. The van der Waals surface area contributed by atoms with Crippen LogP contribution >= 0.6 is 11.8 Å². The second kappa shape index (κ2) is 6.61. The fourth-order valence-corrected chi connectivity index (χ4v) is 2.67. The fourth-order valence-electron chi connectivity index (χ4n) is 1.87. The summed E-state index contributed by atoms with van der Waals surface area (Å²) in [6.07, 6.45) is 3.09. The molecule has 1 amide bonds. The number of nitrogen functional groups attached to an aromatic ring is 1. The van der Waals surface area contributed by atoms with Crippen molar-refractivity contribution in [1.29, 1.82) is 0 Å². The third-order valence-corrected chi connectivity index (χ3v) is 4.13. The zero-order chi connectivity index (χ0) is 16.2. The lowest BCUT2D eigenvalue weighted by molar-refractivity contribution is -0.120. The third kappa shape index (κ3) is 3.39. The molecule has 8 nitrogen and oxygen atoms in total. The molecule has 0 saturated heterocycles. The predicted molar refractivity (Wildman–Crippen MR) is 83.7 cm³/mol. The Bertz CT molecular complexity index is 767. The first-order chi connectivity index (χ1) is 11.1. The summed E-state index contributed by atoms with van der Waals surface area (Å²) in [5, 5.41) is 10.8. The molecule has 0 saturated carbocycles. The maximum absolute atomic E-state index is 12.1. The van der Waals surface area contributed by atoms with Gasteiger partial charge in [0.1, 0.15) is 5.76 Å². The van der Waals surface area contributed by atoms with E-state index in [0.29, 0.717) is 29.0 Å². The number of hydrogen-bond donors (Lipinski definition) is 2. The van der Waals surface area contributed by atoms with Crippen LogP contribution in [0.1, 0.15) is 12.7 Å². The zero-order valence-electron chi connectivity index (χ0n) is 12.3. The van der Waals surface area contributed by atoms with Gasteiger partial charge in [-0.15, -0.1) is 10.2 Å². The van der Waals surface area contributed by atoms with Crippen LogP contribution in [0.3, 0.4) is 0 Å². The van der Waals surface area contributed by atoms with Crippen molar-refractivity contribution in [2.45, 2.75) is 23.9 Å². The number of hydrogen-bond acceptors (Lipinski definition) is 7. The number of nitrogens with zero attached hydrogens (tertiary/aromatic N) is 3. The Morgan fingerprint density at radius 2 is 2.13 bits per heavy atom. The van der Waals surface area contributed by atoms with E-state index in [2.05, 4.69) is 15.5 Å². The monoisotopic (exact) mass is 333 g/mol. The Morgan fingerprint density at radius 3 is 2.83 bits per heavy atom. The van der Waals surface area contributed by atoms with Gasteiger partial charge in [0.2, 0.25) is 16.9 Å². The third-order valence-electron chi connectivity index (χ3n) is 3.07. The molecule has 0 aromatic carbocycles. The maximum Gasteiger partial charge on any atom is 0.233 e. The number of thioether (sulfide) groups is 1. The number of nitrogens with one attached hydrogen (secondary N) is 1. The molecule has 3 aromatic heterocycles. The maximum atomic E-state index is 12.1. The van der Waals surface area contributed by atoms with Crippen molar-refractivity contribution < 1.29 is 13.6 Å². The smallest absolute Gasteiger partial charge is 0.233 e. The van der Waals surface area contributed by atoms with E-state index in [0.717, 1.165) is 0 Å². The first-order valence-corrected chi connectivity index (χ1v) is 7.74. The summed E-state index contributed by atoms with van der Waals surface area (Å²) in [5.74, 6) is 7.42. The van der Waals surface area contributed by atoms with Crippen molar-refractivity contribution in [3.63, 3.8) is 0 Å². The molecule has 0 spiro atoms. The van der Waals surface area contributed by atoms with Gasteiger partial charge < -0.3 is 20.0 Å². The zero-order valence-corrected chi connectivity index (χ0v) is 13.1. The van der Waals surface area contributed by atoms with E-state index in [-0.39, 0.29) is 11.2 Å². The second-order valence-corrected chi connectivity index (χ2v) is 6.02. The number of furan rings is 2. The van der Waals surface area contributed by atoms with Gasteiger partial charge in [0.15, 0.2) is 5.76 Å². The highest BCUT2D eigenvalue weighted by Crippen LogP contribution is 2.24. The number of nitrogens with two attached hydrogens (primary N) is 1. The molecule has 3 rings (SSSR count). The second-order valence-electron chi connectivity index (χ2n) is 4.71. The Balaban J connectivity index is 1.61. The van der Waals surface area contributed by atoms with Crippen LogP contribution in [-0.4, -0.2) is 26.0 Å². The summed E-state index contributed by atoms with van der Waals surface area (Å²) in [7, 11) is 0. The SMILES string of the molecule is C[C@H](Sc1nnc(-c2ccco2)n1N)C(=O)NCc1ccco1. The molecule has 3 aromatic rings. The summed E-state index contributed by atoms with van der Waals surface area (Å²) in [5.41, 5.74) is 0. The van der Waals surface area contributed by atoms with Crippen LogP contribution < -0.4 is 11.2 Å². The largest absolute Gasteiger partial charge is 0.467 e. The van der Waals surface area contributed by atoms with Gasteiger partial charge in [-0.2, -0.15) is 0 Å². The van der Waals surface area contributed by atoms with Crippen LogP contribution in [0.4, 0.5) is 0 Å². The van der Waals surface area contributed by atoms with Crippen LogP contribution in [0.2, 0.25) is 0 Å². The predicted octanol–water partition coefficient (Wildman–Crippen LogP) is 1.64. The van der Waals surface area contributed by atoms with Crippen LogP contribution in [0.25, 0.3) is 11.6 Å². The molecule has 0 aliphatic heterocycles. The number of amides is 1. The van der Waals surface area contributed by atoms with E-state index in [1.165, 1.54) is 22.7 Å². The number of carbonyl (C=O) groups is 1.